The number of nitrogens with zero attached hydrogens (tertiary/aromatic N) is 6. The molecule has 162 valence electrons. The van der Waals surface area contributed by atoms with Crippen molar-refractivity contribution in [2.75, 3.05) is 31.9 Å². The molecule has 0 saturated carbocycles. The van der Waals surface area contributed by atoms with Crippen molar-refractivity contribution in [3.63, 3.8) is 0 Å². The molecule has 0 bridgehead atoms. The van der Waals surface area contributed by atoms with Crippen LogP contribution in [0.2, 0.25) is 0 Å². The third-order valence-corrected chi connectivity index (χ3v) is 8.51. The van der Waals surface area contributed by atoms with Crippen LogP contribution in [0.15, 0.2) is 28.3 Å². The smallest absolute Gasteiger partial charge is 0.243 e. The second kappa shape index (κ2) is 9.03. The number of aromatic nitrogens is 4. The van der Waals surface area contributed by atoms with Gasteiger partial charge in [0.1, 0.15) is 0 Å². The molecular formula is C19H26N6O3S2. The van der Waals surface area contributed by atoms with Gasteiger partial charge in [-0.3, -0.25) is 4.79 Å². The zero-order chi connectivity index (χ0) is 21.1. The quantitative estimate of drug-likeness (QED) is 0.610. The number of aryl methyl sites for hydroxylation is 3. The van der Waals surface area contributed by atoms with Crippen LogP contribution >= 0.6 is 11.8 Å². The van der Waals surface area contributed by atoms with Crippen LogP contribution in [0.5, 0.6) is 0 Å². The molecule has 1 aliphatic heterocycles. The third kappa shape index (κ3) is 4.37. The van der Waals surface area contributed by atoms with Crippen LogP contribution in [0.25, 0.3) is 0 Å². The Morgan fingerprint density at radius 2 is 1.83 bits per heavy atom. The van der Waals surface area contributed by atoms with Crippen molar-refractivity contribution in [3.05, 3.63) is 29.3 Å². The second-order valence-corrected chi connectivity index (χ2v) is 10.4. The number of tetrazole rings is 1. The summed E-state index contributed by atoms with van der Waals surface area (Å²) in [6, 6.07) is 5.53. The molecule has 1 fully saturated rings. The number of carbonyl (C=O) groups is 1. The van der Waals surface area contributed by atoms with Crippen LogP contribution in [0.1, 0.15) is 30.9 Å². The first kappa shape index (κ1) is 21.3. The predicted molar refractivity (Wildman–Crippen MR) is 113 cm³/mol. The Bertz CT molecular complexity index is 1020. The average molecular weight is 451 g/mol. The van der Waals surface area contributed by atoms with Crippen molar-refractivity contribution in [2.45, 2.75) is 49.2 Å². The third-order valence-electron chi connectivity index (χ3n) is 5.67. The summed E-state index contributed by atoms with van der Waals surface area (Å²) >= 11 is 1.30. The zero-order valence-corrected chi connectivity index (χ0v) is 18.7. The average Bonchev–Trinajstić information content (AvgIpc) is 3.25. The number of piperazine rings is 1. The van der Waals surface area contributed by atoms with Gasteiger partial charge >= 0.3 is 0 Å². The monoisotopic (exact) mass is 450 g/mol. The van der Waals surface area contributed by atoms with Crippen LogP contribution in [0, 0.1) is 0 Å². The van der Waals surface area contributed by atoms with E-state index in [2.05, 4.69) is 15.5 Å². The fraction of sp³-hybridized carbons (Fsp3) is 0.579. The van der Waals surface area contributed by atoms with E-state index >= 15 is 0 Å². The highest BCUT2D eigenvalue weighted by Gasteiger charge is 2.30. The van der Waals surface area contributed by atoms with Crippen molar-refractivity contribution >= 4 is 27.7 Å². The van der Waals surface area contributed by atoms with Gasteiger partial charge in [-0.15, -0.1) is 5.10 Å². The van der Waals surface area contributed by atoms with Gasteiger partial charge in [-0.2, -0.15) is 4.31 Å². The molecule has 2 aliphatic rings. The first-order valence-corrected chi connectivity index (χ1v) is 12.7. The molecule has 1 amide bonds. The van der Waals surface area contributed by atoms with E-state index in [4.69, 9.17) is 0 Å². The normalized spacial score (nSPS) is 17.7. The van der Waals surface area contributed by atoms with Gasteiger partial charge in [0.05, 0.1) is 10.6 Å². The van der Waals surface area contributed by atoms with E-state index in [1.807, 2.05) is 19.1 Å². The number of hydrogen-bond donors (Lipinski definition) is 0. The second-order valence-electron chi connectivity index (χ2n) is 7.49. The summed E-state index contributed by atoms with van der Waals surface area (Å²) in [5.41, 5.74) is 2.42. The molecular weight excluding hydrogens is 424 g/mol. The minimum atomic E-state index is -3.54. The zero-order valence-electron chi connectivity index (χ0n) is 17.0. The maximum absolute atomic E-state index is 13.1. The number of sulfonamides is 1. The molecule has 11 heteroatoms. The minimum absolute atomic E-state index is 0.0310. The Balaban J connectivity index is 1.35. The van der Waals surface area contributed by atoms with E-state index in [0.29, 0.717) is 42.8 Å². The highest BCUT2D eigenvalue weighted by Crippen LogP contribution is 2.26. The number of amides is 1. The maximum atomic E-state index is 13.1. The number of fused-ring (bicyclic) bond motifs is 1. The summed E-state index contributed by atoms with van der Waals surface area (Å²) in [5.74, 6) is 0.203. The fourth-order valence-corrected chi connectivity index (χ4v) is 6.23. The molecule has 0 atom stereocenters. The number of carbonyl (C=O) groups excluding carboxylic acids is 1. The molecule has 1 aliphatic carbocycles. The molecule has 9 nitrogen and oxygen atoms in total. The molecule has 0 N–H and O–H groups in total. The molecule has 2 heterocycles. The van der Waals surface area contributed by atoms with E-state index in [-0.39, 0.29) is 11.7 Å². The minimum Gasteiger partial charge on any atom is -0.339 e. The SMILES string of the molecule is CCn1nnnc1SCC(=O)N1CCN(S(=O)(=O)c2ccc3c(c2)CCCC3)CC1. The van der Waals surface area contributed by atoms with Crippen LogP contribution < -0.4 is 0 Å². The topological polar surface area (TPSA) is 101 Å². The van der Waals surface area contributed by atoms with Gasteiger partial charge in [0.25, 0.3) is 0 Å². The lowest BCUT2D eigenvalue weighted by molar-refractivity contribution is -0.129. The van der Waals surface area contributed by atoms with E-state index in [1.165, 1.54) is 28.1 Å². The van der Waals surface area contributed by atoms with Gasteiger partial charge in [0.2, 0.25) is 21.1 Å². The van der Waals surface area contributed by atoms with Gasteiger partial charge in [-0.05, 0) is 66.3 Å². The largest absolute Gasteiger partial charge is 0.339 e. The van der Waals surface area contributed by atoms with Crippen molar-refractivity contribution in [3.8, 4) is 0 Å². The first-order valence-electron chi connectivity index (χ1n) is 10.3. The Kier molecular flexibility index (Phi) is 6.40. The van der Waals surface area contributed by atoms with E-state index < -0.39 is 10.0 Å². The summed E-state index contributed by atoms with van der Waals surface area (Å²) in [6.45, 7) is 3.98. The molecule has 1 aromatic carbocycles. The molecule has 4 rings (SSSR count). The predicted octanol–water partition coefficient (Wildman–Crippen LogP) is 1.20. The molecule has 0 radical (unpaired) electrons. The molecule has 2 aromatic rings. The lowest BCUT2D eigenvalue weighted by Crippen LogP contribution is -2.51. The molecule has 0 spiro atoms. The number of benzene rings is 1. The van der Waals surface area contributed by atoms with Crippen LogP contribution in [-0.2, 0) is 34.2 Å². The van der Waals surface area contributed by atoms with Gasteiger partial charge in [-0.1, -0.05) is 17.8 Å². The molecule has 30 heavy (non-hydrogen) atoms. The lowest BCUT2D eigenvalue weighted by atomic mass is 9.92. The maximum Gasteiger partial charge on any atom is 0.243 e. The fourth-order valence-electron chi connectivity index (χ4n) is 3.91. The van der Waals surface area contributed by atoms with E-state index in [0.717, 1.165) is 24.8 Å². The molecule has 0 unspecified atom stereocenters. The van der Waals surface area contributed by atoms with Crippen molar-refractivity contribution in [2.24, 2.45) is 0 Å². The number of rotatable bonds is 6. The van der Waals surface area contributed by atoms with E-state index in [9.17, 15) is 13.2 Å². The van der Waals surface area contributed by atoms with Crippen molar-refractivity contribution in [1.82, 2.24) is 29.4 Å². The summed E-state index contributed by atoms with van der Waals surface area (Å²) in [5, 5.41) is 12.0. The summed E-state index contributed by atoms with van der Waals surface area (Å²) in [6.07, 6.45) is 4.25. The summed E-state index contributed by atoms with van der Waals surface area (Å²) in [4.78, 5) is 14.6. The van der Waals surface area contributed by atoms with E-state index in [1.54, 1.807) is 15.6 Å². The Hall–Kier alpha value is -1.98. The number of thioether (sulfide) groups is 1. The lowest BCUT2D eigenvalue weighted by Gasteiger charge is -2.34. The Labute approximate surface area is 180 Å². The van der Waals surface area contributed by atoms with Gasteiger partial charge < -0.3 is 4.90 Å². The van der Waals surface area contributed by atoms with Gasteiger partial charge in [0.15, 0.2) is 0 Å². The highest BCUT2D eigenvalue weighted by atomic mass is 32.2. The van der Waals surface area contributed by atoms with Gasteiger partial charge in [-0.25, -0.2) is 13.1 Å². The summed E-state index contributed by atoms with van der Waals surface area (Å²) < 4.78 is 29.3. The Morgan fingerprint density at radius 3 is 2.57 bits per heavy atom. The molecule has 1 aromatic heterocycles. The van der Waals surface area contributed by atoms with Crippen LogP contribution in [-0.4, -0.2) is 75.7 Å². The Morgan fingerprint density at radius 1 is 1.10 bits per heavy atom. The van der Waals surface area contributed by atoms with Crippen LogP contribution in [0.4, 0.5) is 0 Å². The first-order chi connectivity index (χ1) is 14.5. The van der Waals surface area contributed by atoms with Gasteiger partial charge in [0, 0.05) is 32.7 Å². The highest BCUT2D eigenvalue weighted by molar-refractivity contribution is 7.99. The van der Waals surface area contributed by atoms with Crippen molar-refractivity contribution < 1.29 is 13.2 Å². The molecule has 1 saturated heterocycles. The standard InChI is InChI=1S/C19H26N6O3S2/c1-2-25-19(20-21-22-25)29-14-18(26)23-9-11-24(12-10-23)30(27,28)17-8-7-15-5-3-4-6-16(15)13-17/h7-8,13H,2-6,9-12,14H2,1H3. The van der Waals surface area contributed by atoms with Crippen LogP contribution in [0.3, 0.4) is 0 Å². The number of hydrogen-bond acceptors (Lipinski definition) is 7. The summed E-state index contributed by atoms with van der Waals surface area (Å²) in [7, 11) is -3.54. The van der Waals surface area contributed by atoms with Crippen molar-refractivity contribution in [1.29, 1.82) is 0 Å².